The molecule has 1 aromatic carbocycles. The van der Waals surface area contributed by atoms with Crippen LogP contribution in [0, 0.1) is 0 Å². The number of halogens is 2. The van der Waals surface area contributed by atoms with Crippen LogP contribution in [0.1, 0.15) is 22.2 Å². The third kappa shape index (κ3) is 3.30. The van der Waals surface area contributed by atoms with Gasteiger partial charge < -0.3 is 5.32 Å². The Kier molecular flexibility index (Phi) is 4.50. The van der Waals surface area contributed by atoms with E-state index in [2.05, 4.69) is 5.32 Å². The van der Waals surface area contributed by atoms with Crippen LogP contribution in [0.3, 0.4) is 0 Å². The molecule has 19 heavy (non-hydrogen) atoms. The summed E-state index contributed by atoms with van der Waals surface area (Å²) in [6.07, 6.45) is 0. The Bertz CT molecular complexity index is 570. The largest absolute Gasteiger partial charge is 0.341 e. The molecular weight excluding hydrogens is 301 g/mol. The SMILES string of the molecule is CC(CCl)(NC(=O)c1ccc(Cl)s1)c1ccccc1. The highest BCUT2D eigenvalue weighted by Gasteiger charge is 2.28. The van der Waals surface area contributed by atoms with Crippen molar-refractivity contribution in [3.05, 3.63) is 57.2 Å². The van der Waals surface area contributed by atoms with E-state index >= 15 is 0 Å². The van der Waals surface area contributed by atoms with Gasteiger partial charge in [0, 0.05) is 5.88 Å². The van der Waals surface area contributed by atoms with E-state index in [0.717, 1.165) is 5.56 Å². The number of nitrogens with one attached hydrogen (secondary N) is 1. The fraction of sp³-hybridized carbons (Fsp3) is 0.214. The molecule has 5 heteroatoms. The maximum Gasteiger partial charge on any atom is 0.262 e. The summed E-state index contributed by atoms with van der Waals surface area (Å²) in [4.78, 5) is 12.8. The molecule has 0 radical (unpaired) electrons. The van der Waals surface area contributed by atoms with Gasteiger partial charge in [-0.15, -0.1) is 22.9 Å². The number of alkyl halides is 1. The first kappa shape index (κ1) is 14.4. The minimum absolute atomic E-state index is 0.163. The van der Waals surface area contributed by atoms with Crippen LogP contribution in [0.4, 0.5) is 0 Å². The number of carbonyl (C=O) groups excluding carboxylic acids is 1. The van der Waals surface area contributed by atoms with E-state index in [4.69, 9.17) is 23.2 Å². The second-order valence-electron chi connectivity index (χ2n) is 4.39. The molecule has 0 saturated heterocycles. The maximum absolute atomic E-state index is 12.2. The van der Waals surface area contributed by atoms with Crippen molar-refractivity contribution in [2.24, 2.45) is 0 Å². The van der Waals surface area contributed by atoms with Crippen molar-refractivity contribution in [2.75, 3.05) is 5.88 Å². The van der Waals surface area contributed by atoms with E-state index in [-0.39, 0.29) is 5.91 Å². The molecule has 1 amide bonds. The average molecular weight is 314 g/mol. The topological polar surface area (TPSA) is 29.1 Å². The zero-order valence-electron chi connectivity index (χ0n) is 10.3. The van der Waals surface area contributed by atoms with E-state index in [0.29, 0.717) is 15.1 Å². The molecule has 2 rings (SSSR count). The smallest absolute Gasteiger partial charge is 0.262 e. The number of carbonyl (C=O) groups is 1. The van der Waals surface area contributed by atoms with E-state index in [1.807, 2.05) is 37.3 Å². The first-order valence-electron chi connectivity index (χ1n) is 5.74. The van der Waals surface area contributed by atoms with Crippen molar-refractivity contribution in [1.82, 2.24) is 5.32 Å². The zero-order valence-corrected chi connectivity index (χ0v) is 12.6. The standard InChI is InChI=1S/C14H13Cl2NOS/c1-14(9-15,10-5-3-2-4-6-10)17-13(18)11-7-8-12(16)19-11/h2-8H,9H2,1H3,(H,17,18). The first-order valence-corrected chi connectivity index (χ1v) is 7.47. The van der Waals surface area contributed by atoms with Crippen LogP contribution in [0.25, 0.3) is 0 Å². The summed E-state index contributed by atoms with van der Waals surface area (Å²) >= 11 is 13.1. The highest BCUT2D eigenvalue weighted by Crippen LogP contribution is 2.25. The fourth-order valence-corrected chi connectivity index (χ4v) is 2.90. The molecular formula is C14H13Cl2NOS. The third-order valence-corrected chi connectivity index (χ3v) is 4.63. The predicted octanol–water partition coefficient (Wildman–Crippen LogP) is 4.29. The summed E-state index contributed by atoms with van der Waals surface area (Å²) in [7, 11) is 0. The number of benzene rings is 1. The van der Waals surface area contributed by atoms with Crippen LogP contribution in [-0.4, -0.2) is 11.8 Å². The van der Waals surface area contributed by atoms with Crippen LogP contribution in [0.2, 0.25) is 4.34 Å². The quantitative estimate of drug-likeness (QED) is 0.838. The molecule has 0 fully saturated rings. The average Bonchev–Trinajstić information content (AvgIpc) is 2.86. The summed E-state index contributed by atoms with van der Waals surface area (Å²) < 4.78 is 0.595. The maximum atomic E-state index is 12.2. The second kappa shape index (κ2) is 5.95. The molecule has 1 atom stereocenters. The summed E-state index contributed by atoms with van der Waals surface area (Å²) in [6.45, 7) is 1.91. The van der Waals surface area contributed by atoms with Crippen LogP contribution in [0.15, 0.2) is 42.5 Å². The van der Waals surface area contributed by atoms with E-state index in [9.17, 15) is 4.79 Å². The summed E-state index contributed by atoms with van der Waals surface area (Å²) in [6, 6.07) is 13.1. The van der Waals surface area contributed by atoms with Gasteiger partial charge in [-0.05, 0) is 24.6 Å². The van der Waals surface area contributed by atoms with E-state index < -0.39 is 5.54 Å². The predicted molar refractivity (Wildman–Crippen MR) is 81.3 cm³/mol. The van der Waals surface area contributed by atoms with Crippen LogP contribution in [-0.2, 0) is 5.54 Å². The molecule has 2 aromatic rings. The van der Waals surface area contributed by atoms with Crippen molar-refractivity contribution >= 4 is 40.4 Å². The van der Waals surface area contributed by atoms with Gasteiger partial charge in [0.05, 0.1) is 14.8 Å². The number of thiophene rings is 1. The van der Waals surface area contributed by atoms with Crippen molar-refractivity contribution in [3.8, 4) is 0 Å². The lowest BCUT2D eigenvalue weighted by Crippen LogP contribution is -2.44. The van der Waals surface area contributed by atoms with Crippen molar-refractivity contribution in [2.45, 2.75) is 12.5 Å². The van der Waals surface area contributed by atoms with Gasteiger partial charge in [-0.3, -0.25) is 4.79 Å². The van der Waals surface area contributed by atoms with Crippen LogP contribution >= 0.6 is 34.5 Å². The van der Waals surface area contributed by atoms with Gasteiger partial charge in [-0.2, -0.15) is 0 Å². The Labute approximate surface area is 126 Å². The fourth-order valence-electron chi connectivity index (χ4n) is 1.74. The molecule has 1 unspecified atom stereocenters. The Morgan fingerprint density at radius 1 is 1.26 bits per heavy atom. The lowest BCUT2D eigenvalue weighted by atomic mass is 9.94. The minimum atomic E-state index is -0.601. The molecule has 2 nitrogen and oxygen atoms in total. The van der Waals surface area contributed by atoms with Gasteiger partial charge in [0.25, 0.3) is 5.91 Å². The monoisotopic (exact) mass is 313 g/mol. The van der Waals surface area contributed by atoms with Gasteiger partial charge in [0.15, 0.2) is 0 Å². The molecule has 100 valence electrons. The zero-order chi connectivity index (χ0) is 13.9. The third-order valence-electron chi connectivity index (χ3n) is 2.86. The molecule has 0 aliphatic rings. The molecule has 0 aliphatic carbocycles. The lowest BCUT2D eigenvalue weighted by Gasteiger charge is -2.29. The van der Waals surface area contributed by atoms with Gasteiger partial charge >= 0.3 is 0 Å². The van der Waals surface area contributed by atoms with Gasteiger partial charge in [-0.25, -0.2) is 0 Å². The van der Waals surface area contributed by atoms with Crippen molar-refractivity contribution in [3.63, 3.8) is 0 Å². The van der Waals surface area contributed by atoms with E-state index in [1.165, 1.54) is 11.3 Å². The Morgan fingerprint density at radius 3 is 2.47 bits per heavy atom. The van der Waals surface area contributed by atoms with Crippen LogP contribution in [0.5, 0.6) is 0 Å². The van der Waals surface area contributed by atoms with Crippen molar-refractivity contribution in [1.29, 1.82) is 0 Å². The van der Waals surface area contributed by atoms with Crippen LogP contribution < -0.4 is 5.32 Å². The van der Waals surface area contributed by atoms with Gasteiger partial charge in [0.1, 0.15) is 0 Å². The van der Waals surface area contributed by atoms with E-state index in [1.54, 1.807) is 12.1 Å². The van der Waals surface area contributed by atoms with Crippen molar-refractivity contribution < 1.29 is 4.79 Å². The number of amides is 1. The molecule has 1 heterocycles. The highest BCUT2D eigenvalue weighted by molar-refractivity contribution is 7.18. The minimum Gasteiger partial charge on any atom is -0.341 e. The second-order valence-corrected chi connectivity index (χ2v) is 6.37. The Balaban J connectivity index is 2.22. The Morgan fingerprint density at radius 2 is 1.95 bits per heavy atom. The number of hydrogen-bond acceptors (Lipinski definition) is 2. The first-order chi connectivity index (χ1) is 9.05. The van der Waals surface area contributed by atoms with Gasteiger partial charge in [-0.1, -0.05) is 41.9 Å². The normalized spacial score (nSPS) is 13.8. The molecule has 1 N–H and O–H groups in total. The molecule has 0 bridgehead atoms. The number of rotatable bonds is 4. The molecule has 0 saturated carbocycles. The lowest BCUT2D eigenvalue weighted by molar-refractivity contribution is 0.0917. The summed E-state index contributed by atoms with van der Waals surface area (Å²) in [5.74, 6) is 0.130. The highest BCUT2D eigenvalue weighted by atomic mass is 35.5. The number of hydrogen-bond donors (Lipinski definition) is 1. The van der Waals surface area contributed by atoms with Gasteiger partial charge in [0.2, 0.25) is 0 Å². The molecule has 0 spiro atoms. The summed E-state index contributed by atoms with van der Waals surface area (Å²) in [5.41, 5.74) is 0.372. The summed E-state index contributed by atoms with van der Waals surface area (Å²) in [5, 5.41) is 2.97. The molecule has 0 aliphatic heterocycles. The molecule has 1 aromatic heterocycles. The Hall–Kier alpha value is -1.03.